The Bertz CT molecular complexity index is 462. The molecule has 0 unspecified atom stereocenters. The molecule has 2 rings (SSSR count). The van der Waals surface area contributed by atoms with Crippen molar-refractivity contribution < 1.29 is 13.2 Å². The molecule has 0 aliphatic carbocycles. The standard InChI is InChI=1S/C10H5F3S/c11-7-5-3-1-2-4-6(5)10(14)9(13)8(7)12/h1-4,14H. The molecule has 14 heavy (non-hydrogen) atoms. The summed E-state index contributed by atoms with van der Waals surface area (Å²) in [5, 5.41) is 0.309. The molecule has 0 nitrogen and oxygen atoms in total. The molecule has 72 valence electrons. The second-order valence-electron chi connectivity index (χ2n) is 2.84. The van der Waals surface area contributed by atoms with E-state index in [0.29, 0.717) is 0 Å². The van der Waals surface area contributed by atoms with Crippen LogP contribution < -0.4 is 0 Å². The van der Waals surface area contributed by atoms with Crippen LogP contribution in [0.5, 0.6) is 0 Å². The summed E-state index contributed by atoms with van der Waals surface area (Å²) >= 11 is 3.80. The quantitative estimate of drug-likeness (QED) is 0.503. The predicted molar refractivity (Wildman–Crippen MR) is 51.1 cm³/mol. The monoisotopic (exact) mass is 214 g/mol. The Labute approximate surface area is 83.8 Å². The van der Waals surface area contributed by atoms with Gasteiger partial charge in [-0.2, -0.15) is 0 Å². The van der Waals surface area contributed by atoms with Crippen LogP contribution in [0.3, 0.4) is 0 Å². The fourth-order valence-electron chi connectivity index (χ4n) is 1.32. The van der Waals surface area contributed by atoms with E-state index in [-0.39, 0.29) is 15.7 Å². The molecule has 4 heteroatoms. The van der Waals surface area contributed by atoms with Gasteiger partial charge in [-0.05, 0) is 0 Å². The fourth-order valence-corrected chi connectivity index (χ4v) is 1.61. The third-order valence-corrected chi connectivity index (χ3v) is 2.45. The normalized spacial score (nSPS) is 10.9. The molecule has 0 aromatic heterocycles. The zero-order chi connectivity index (χ0) is 10.3. The van der Waals surface area contributed by atoms with Gasteiger partial charge in [-0.1, -0.05) is 24.3 Å². The van der Waals surface area contributed by atoms with Crippen LogP contribution in [-0.2, 0) is 0 Å². The molecule has 0 saturated carbocycles. The second kappa shape index (κ2) is 3.20. The molecule has 0 N–H and O–H groups in total. The molecule has 0 atom stereocenters. The largest absolute Gasteiger partial charge is 0.203 e. The summed E-state index contributed by atoms with van der Waals surface area (Å²) in [5.41, 5.74) is 0. The molecular weight excluding hydrogens is 209 g/mol. The van der Waals surface area contributed by atoms with E-state index in [0.717, 1.165) is 0 Å². The first-order chi connectivity index (χ1) is 6.63. The molecule has 0 fully saturated rings. The number of rotatable bonds is 0. The number of hydrogen-bond donors (Lipinski definition) is 1. The van der Waals surface area contributed by atoms with Crippen LogP contribution in [0.4, 0.5) is 13.2 Å². The Kier molecular flexibility index (Phi) is 2.15. The number of thiol groups is 1. The molecule has 0 bridgehead atoms. The van der Waals surface area contributed by atoms with E-state index in [9.17, 15) is 13.2 Å². The molecule has 0 amide bonds. The average Bonchev–Trinajstić information content (AvgIpc) is 2.23. The van der Waals surface area contributed by atoms with E-state index in [1.54, 1.807) is 12.1 Å². The van der Waals surface area contributed by atoms with Crippen LogP contribution >= 0.6 is 12.6 Å². The van der Waals surface area contributed by atoms with E-state index in [4.69, 9.17) is 0 Å². The zero-order valence-electron chi connectivity index (χ0n) is 6.89. The van der Waals surface area contributed by atoms with Gasteiger partial charge in [-0.15, -0.1) is 12.6 Å². The third kappa shape index (κ3) is 1.18. The minimum Gasteiger partial charge on any atom is -0.203 e. The SMILES string of the molecule is Fc1c(F)c(S)c2ccccc2c1F. The highest BCUT2D eigenvalue weighted by Crippen LogP contribution is 2.29. The van der Waals surface area contributed by atoms with Crippen LogP contribution in [-0.4, -0.2) is 0 Å². The van der Waals surface area contributed by atoms with Crippen LogP contribution in [0, 0.1) is 17.5 Å². The minimum absolute atomic E-state index is 0.0383. The highest BCUT2D eigenvalue weighted by atomic mass is 32.1. The van der Waals surface area contributed by atoms with E-state index >= 15 is 0 Å². The summed E-state index contributed by atoms with van der Waals surface area (Å²) in [6.45, 7) is 0. The van der Waals surface area contributed by atoms with E-state index in [1.807, 2.05) is 0 Å². The first-order valence-electron chi connectivity index (χ1n) is 3.87. The fraction of sp³-hybridized carbons (Fsp3) is 0. The Morgan fingerprint density at radius 3 is 2.00 bits per heavy atom. The number of halogens is 3. The van der Waals surface area contributed by atoms with Crippen molar-refractivity contribution in [3.63, 3.8) is 0 Å². The molecule has 0 aliphatic heterocycles. The Balaban J connectivity index is 3.02. The molecule has 2 aromatic carbocycles. The number of benzene rings is 2. The molecule has 0 radical (unpaired) electrons. The van der Waals surface area contributed by atoms with Crippen LogP contribution in [0.15, 0.2) is 29.2 Å². The molecule has 0 spiro atoms. The maximum absolute atomic E-state index is 13.2. The van der Waals surface area contributed by atoms with Crippen LogP contribution in [0.1, 0.15) is 0 Å². The second-order valence-corrected chi connectivity index (χ2v) is 3.28. The van der Waals surface area contributed by atoms with Crippen molar-refractivity contribution in [3.8, 4) is 0 Å². The van der Waals surface area contributed by atoms with Crippen molar-refractivity contribution in [2.75, 3.05) is 0 Å². The van der Waals surface area contributed by atoms with Crippen molar-refractivity contribution in [2.24, 2.45) is 0 Å². The number of fused-ring (bicyclic) bond motifs is 1. The lowest BCUT2D eigenvalue weighted by Crippen LogP contribution is -1.94. The molecular formula is C10H5F3S. The Morgan fingerprint density at radius 2 is 1.36 bits per heavy atom. The Morgan fingerprint density at radius 1 is 0.786 bits per heavy atom. The van der Waals surface area contributed by atoms with Gasteiger partial charge in [-0.25, -0.2) is 13.2 Å². The van der Waals surface area contributed by atoms with Gasteiger partial charge in [0.2, 0.25) is 0 Å². The summed E-state index contributed by atoms with van der Waals surface area (Å²) in [5.74, 6) is -3.89. The topological polar surface area (TPSA) is 0 Å². The lowest BCUT2D eigenvalue weighted by molar-refractivity contribution is 0.443. The summed E-state index contributed by atoms with van der Waals surface area (Å²) < 4.78 is 39.1. The van der Waals surface area contributed by atoms with Gasteiger partial charge in [0.05, 0.1) is 4.90 Å². The van der Waals surface area contributed by atoms with Gasteiger partial charge in [0, 0.05) is 10.8 Å². The van der Waals surface area contributed by atoms with Gasteiger partial charge >= 0.3 is 0 Å². The number of hydrogen-bond acceptors (Lipinski definition) is 1. The summed E-state index contributed by atoms with van der Waals surface area (Å²) in [6, 6.07) is 6.03. The average molecular weight is 214 g/mol. The van der Waals surface area contributed by atoms with Gasteiger partial charge in [0.25, 0.3) is 0 Å². The van der Waals surface area contributed by atoms with E-state index in [2.05, 4.69) is 12.6 Å². The maximum atomic E-state index is 13.2. The first kappa shape index (κ1) is 9.40. The van der Waals surface area contributed by atoms with E-state index < -0.39 is 17.5 Å². The molecule has 0 saturated heterocycles. The van der Waals surface area contributed by atoms with Gasteiger partial charge in [0.15, 0.2) is 17.5 Å². The summed E-state index contributed by atoms with van der Waals surface area (Å²) in [6.07, 6.45) is 0. The van der Waals surface area contributed by atoms with Crippen molar-refractivity contribution in [3.05, 3.63) is 41.7 Å². The van der Waals surface area contributed by atoms with Crippen molar-refractivity contribution in [1.29, 1.82) is 0 Å². The molecule has 2 aromatic rings. The minimum atomic E-state index is -1.48. The van der Waals surface area contributed by atoms with Gasteiger partial charge in [-0.3, -0.25) is 0 Å². The van der Waals surface area contributed by atoms with Crippen molar-refractivity contribution in [1.82, 2.24) is 0 Å². The summed E-state index contributed by atoms with van der Waals surface area (Å²) in [7, 11) is 0. The summed E-state index contributed by atoms with van der Waals surface area (Å²) in [4.78, 5) is -0.167. The van der Waals surface area contributed by atoms with E-state index in [1.165, 1.54) is 12.1 Å². The highest BCUT2D eigenvalue weighted by Gasteiger charge is 2.17. The predicted octanol–water partition coefficient (Wildman–Crippen LogP) is 3.55. The van der Waals surface area contributed by atoms with Gasteiger partial charge in [0.1, 0.15) is 0 Å². The van der Waals surface area contributed by atoms with Crippen molar-refractivity contribution in [2.45, 2.75) is 4.90 Å². The Hall–Kier alpha value is -1.16. The van der Waals surface area contributed by atoms with Crippen LogP contribution in [0.25, 0.3) is 10.8 Å². The van der Waals surface area contributed by atoms with Gasteiger partial charge < -0.3 is 0 Å². The van der Waals surface area contributed by atoms with Crippen LogP contribution in [0.2, 0.25) is 0 Å². The smallest absolute Gasteiger partial charge is 0.196 e. The highest BCUT2D eigenvalue weighted by molar-refractivity contribution is 7.80. The zero-order valence-corrected chi connectivity index (χ0v) is 7.78. The lowest BCUT2D eigenvalue weighted by atomic mass is 10.1. The first-order valence-corrected chi connectivity index (χ1v) is 4.32. The lowest BCUT2D eigenvalue weighted by Gasteiger charge is -2.05. The molecule has 0 heterocycles. The maximum Gasteiger partial charge on any atom is 0.196 e. The molecule has 0 aliphatic rings. The third-order valence-electron chi connectivity index (χ3n) is 2.01. The van der Waals surface area contributed by atoms with Crippen molar-refractivity contribution >= 4 is 23.4 Å².